The van der Waals surface area contributed by atoms with E-state index in [9.17, 15) is 0 Å². The summed E-state index contributed by atoms with van der Waals surface area (Å²) in [6.45, 7) is 11.8. The van der Waals surface area contributed by atoms with E-state index in [1.807, 2.05) is 11.3 Å². The van der Waals surface area contributed by atoms with Crippen molar-refractivity contribution in [2.45, 2.75) is 64.6 Å². The highest BCUT2D eigenvalue weighted by Crippen LogP contribution is 2.28. The molecule has 146 valence electrons. The molecule has 1 saturated carbocycles. The van der Waals surface area contributed by atoms with E-state index in [-0.39, 0.29) is 0 Å². The number of nitrogens with zero attached hydrogens (tertiary/aromatic N) is 3. The predicted molar refractivity (Wildman–Crippen MR) is 114 cm³/mol. The number of hydrogen-bond acceptors (Lipinski definition) is 4. The molecule has 2 heterocycles. The fourth-order valence-corrected chi connectivity index (χ4v) is 4.54. The van der Waals surface area contributed by atoms with Crippen LogP contribution >= 0.6 is 11.3 Å². The highest BCUT2D eigenvalue weighted by molar-refractivity contribution is 7.14. The molecule has 2 N–H and O–H groups in total. The van der Waals surface area contributed by atoms with Crippen molar-refractivity contribution in [2.24, 2.45) is 4.99 Å². The van der Waals surface area contributed by atoms with Crippen LogP contribution in [0.15, 0.2) is 22.5 Å². The number of guanidine groups is 1. The zero-order valence-corrected chi connectivity index (χ0v) is 17.4. The summed E-state index contributed by atoms with van der Waals surface area (Å²) in [5, 5.41) is 10.7. The molecule has 2 aliphatic rings. The first-order chi connectivity index (χ1) is 12.7. The first-order valence-electron chi connectivity index (χ1n) is 10.3. The van der Waals surface area contributed by atoms with Gasteiger partial charge in [-0.3, -0.25) is 9.89 Å². The van der Waals surface area contributed by atoms with Gasteiger partial charge in [0.25, 0.3) is 0 Å². The lowest BCUT2D eigenvalue weighted by Gasteiger charge is -2.33. The van der Waals surface area contributed by atoms with Crippen molar-refractivity contribution in [1.29, 1.82) is 0 Å². The fraction of sp³-hybridized carbons (Fsp3) is 0.750. The fourth-order valence-electron chi connectivity index (χ4n) is 3.75. The molecule has 1 aliphatic heterocycles. The van der Waals surface area contributed by atoms with Crippen LogP contribution in [0.25, 0.3) is 0 Å². The normalized spacial score (nSPS) is 19.4. The smallest absolute Gasteiger partial charge is 0.191 e. The molecule has 6 heteroatoms. The zero-order valence-electron chi connectivity index (χ0n) is 16.6. The van der Waals surface area contributed by atoms with Gasteiger partial charge in [-0.15, -0.1) is 11.3 Å². The van der Waals surface area contributed by atoms with Gasteiger partial charge >= 0.3 is 0 Å². The molecule has 1 saturated heterocycles. The summed E-state index contributed by atoms with van der Waals surface area (Å²) in [5.41, 5.74) is 0. The van der Waals surface area contributed by atoms with E-state index in [1.165, 1.54) is 30.7 Å². The van der Waals surface area contributed by atoms with Gasteiger partial charge in [-0.2, -0.15) is 0 Å². The molecule has 0 amide bonds. The second-order valence-electron chi connectivity index (χ2n) is 7.68. The highest BCUT2D eigenvalue weighted by Gasteiger charge is 2.30. The van der Waals surface area contributed by atoms with Gasteiger partial charge in [-0.05, 0) is 64.0 Å². The van der Waals surface area contributed by atoms with E-state index in [2.05, 4.69) is 58.7 Å². The molecule has 0 atom stereocenters. The number of thiophene rings is 1. The van der Waals surface area contributed by atoms with Crippen LogP contribution in [-0.2, 0) is 0 Å². The maximum Gasteiger partial charge on any atom is 0.191 e. The first kappa shape index (κ1) is 19.5. The minimum atomic E-state index is 0.522. The molecule has 1 aromatic heterocycles. The summed E-state index contributed by atoms with van der Waals surface area (Å²) >= 11 is 1.84. The van der Waals surface area contributed by atoms with E-state index >= 15 is 0 Å². The lowest BCUT2D eigenvalue weighted by atomic mass is 10.1. The molecule has 2 fully saturated rings. The van der Waals surface area contributed by atoms with E-state index in [4.69, 9.17) is 4.99 Å². The van der Waals surface area contributed by atoms with Gasteiger partial charge < -0.3 is 15.5 Å². The Morgan fingerprint density at radius 1 is 1.31 bits per heavy atom. The van der Waals surface area contributed by atoms with Gasteiger partial charge in [0.2, 0.25) is 0 Å². The van der Waals surface area contributed by atoms with Crippen LogP contribution in [0, 0.1) is 0 Å². The molecule has 26 heavy (non-hydrogen) atoms. The van der Waals surface area contributed by atoms with E-state index in [0.29, 0.717) is 12.1 Å². The lowest BCUT2D eigenvalue weighted by Crippen LogP contribution is -2.49. The van der Waals surface area contributed by atoms with Crippen molar-refractivity contribution in [3.63, 3.8) is 0 Å². The molecule has 0 aromatic carbocycles. The molecule has 5 nitrogen and oxygen atoms in total. The van der Waals surface area contributed by atoms with Crippen LogP contribution in [0.3, 0.4) is 0 Å². The molecular formula is C20H35N5S. The van der Waals surface area contributed by atoms with Gasteiger partial charge in [0, 0.05) is 44.3 Å². The Bertz CT molecular complexity index is 543. The third-order valence-electron chi connectivity index (χ3n) is 5.31. The average molecular weight is 378 g/mol. The van der Waals surface area contributed by atoms with E-state index < -0.39 is 0 Å². The minimum absolute atomic E-state index is 0.522. The summed E-state index contributed by atoms with van der Waals surface area (Å²) in [6, 6.07) is 6.32. The van der Waals surface area contributed by atoms with Crippen molar-refractivity contribution < 1.29 is 0 Å². The van der Waals surface area contributed by atoms with Crippen LogP contribution in [-0.4, -0.2) is 61.7 Å². The van der Waals surface area contributed by atoms with Crippen LogP contribution in [0.5, 0.6) is 0 Å². The predicted octanol–water partition coefficient (Wildman–Crippen LogP) is 3.14. The Hall–Kier alpha value is -1.27. The van der Waals surface area contributed by atoms with Crippen molar-refractivity contribution in [3.05, 3.63) is 17.5 Å². The third-order valence-corrected chi connectivity index (χ3v) is 6.23. The molecule has 0 spiro atoms. The van der Waals surface area contributed by atoms with Crippen molar-refractivity contribution in [2.75, 3.05) is 37.6 Å². The second-order valence-corrected chi connectivity index (χ2v) is 8.61. The summed E-state index contributed by atoms with van der Waals surface area (Å²) in [6.07, 6.45) is 5.07. The number of aliphatic imine (C=N–C) groups is 1. The molecule has 1 aliphatic carbocycles. The molecular weight excluding hydrogens is 342 g/mol. The summed E-state index contributed by atoms with van der Waals surface area (Å²) in [4.78, 5) is 9.96. The second kappa shape index (κ2) is 9.60. The molecule has 3 rings (SSSR count). The summed E-state index contributed by atoms with van der Waals surface area (Å²) in [5.74, 6) is 0.988. The summed E-state index contributed by atoms with van der Waals surface area (Å²) < 4.78 is 0. The standard InChI is InChI=1S/C20H35N5S/c1-4-21-20(22-11-14-25(16(2)3)18-7-8-18)23-17-9-12-24(13-10-17)19-6-5-15-26-19/h5-6,15-18H,4,7-14H2,1-3H3,(H2,21,22,23). The van der Waals surface area contributed by atoms with Gasteiger partial charge in [0.15, 0.2) is 5.96 Å². The molecule has 0 radical (unpaired) electrons. The lowest BCUT2D eigenvalue weighted by molar-refractivity contribution is 0.218. The highest BCUT2D eigenvalue weighted by atomic mass is 32.1. The van der Waals surface area contributed by atoms with Gasteiger partial charge in [-0.1, -0.05) is 0 Å². The van der Waals surface area contributed by atoms with Crippen LogP contribution < -0.4 is 15.5 Å². The molecule has 0 bridgehead atoms. The summed E-state index contributed by atoms with van der Waals surface area (Å²) in [7, 11) is 0. The Kier molecular flexibility index (Phi) is 7.20. The first-order valence-corrected chi connectivity index (χ1v) is 11.1. The molecule has 1 aromatic rings. The van der Waals surface area contributed by atoms with E-state index in [1.54, 1.807) is 0 Å². The number of hydrogen-bond donors (Lipinski definition) is 2. The zero-order chi connectivity index (χ0) is 18.4. The Morgan fingerprint density at radius 3 is 2.65 bits per heavy atom. The Balaban J connectivity index is 1.45. The molecule has 0 unspecified atom stereocenters. The maximum absolute atomic E-state index is 4.85. The number of anilines is 1. The van der Waals surface area contributed by atoms with Crippen LogP contribution in [0.1, 0.15) is 46.5 Å². The number of piperidine rings is 1. The van der Waals surface area contributed by atoms with Crippen molar-refractivity contribution in [3.8, 4) is 0 Å². The number of rotatable bonds is 8. The Morgan fingerprint density at radius 2 is 2.08 bits per heavy atom. The topological polar surface area (TPSA) is 42.9 Å². The largest absolute Gasteiger partial charge is 0.363 e. The maximum atomic E-state index is 4.85. The quantitative estimate of drug-likeness (QED) is 0.539. The van der Waals surface area contributed by atoms with Crippen LogP contribution in [0.4, 0.5) is 5.00 Å². The van der Waals surface area contributed by atoms with Gasteiger partial charge in [0.1, 0.15) is 0 Å². The Labute approximate surface area is 162 Å². The SMILES string of the molecule is CCNC(=NCCN(C(C)C)C1CC1)NC1CCN(c2cccs2)CC1. The monoisotopic (exact) mass is 377 g/mol. The van der Waals surface area contributed by atoms with Crippen molar-refractivity contribution >= 4 is 22.3 Å². The number of nitrogens with one attached hydrogen (secondary N) is 2. The van der Waals surface area contributed by atoms with Crippen LogP contribution in [0.2, 0.25) is 0 Å². The average Bonchev–Trinajstić information content (AvgIpc) is 3.31. The minimum Gasteiger partial charge on any atom is -0.363 e. The van der Waals surface area contributed by atoms with Crippen molar-refractivity contribution in [1.82, 2.24) is 15.5 Å². The third kappa shape index (κ3) is 5.61. The van der Waals surface area contributed by atoms with Gasteiger partial charge in [-0.25, -0.2) is 0 Å². The van der Waals surface area contributed by atoms with E-state index in [0.717, 1.165) is 44.7 Å². The van der Waals surface area contributed by atoms with Gasteiger partial charge in [0.05, 0.1) is 11.5 Å².